The Kier molecular flexibility index (Phi) is 7.08. The van der Waals surface area contributed by atoms with Crippen molar-refractivity contribution in [3.63, 3.8) is 0 Å². The Morgan fingerprint density at radius 2 is 1.86 bits per heavy atom. The number of carbonyl (C=O) groups is 1. The molecule has 154 valence electrons. The molecule has 2 aromatic rings. The highest BCUT2D eigenvalue weighted by atomic mass is 32.2. The predicted molar refractivity (Wildman–Crippen MR) is 90.7 cm³/mol. The smallest absolute Gasteiger partial charge is 0.468 e. The van der Waals surface area contributed by atoms with E-state index in [4.69, 9.17) is 9.15 Å². The van der Waals surface area contributed by atoms with Gasteiger partial charge in [-0.15, -0.1) is 13.2 Å². The SMILES string of the molecule is CCOC(=O)CCN(Cc1ccco1)S(=O)(=O)c1ccc(OC(F)(F)F)cc1. The molecule has 11 heteroatoms. The third kappa shape index (κ3) is 6.27. The third-order valence-corrected chi connectivity index (χ3v) is 5.34. The molecule has 0 bridgehead atoms. The van der Waals surface area contributed by atoms with Gasteiger partial charge in [-0.2, -0.15) is 4.31 Å². The van der Waals surface area contributed by atoms with Crippen molar-refractivity contribution in [3.8, 4) is 5.75 Å². The fourth-order valence-electron chi connectivity index (χ4n) is 2.27. The Morgan fingerprint density at radius 1 is 1.18 bits per heavy atom. The molecule has 0 atom stereocenters. The molecule has 0 saturated heterocycles. The van der Waals surface area contributed by atoms with Crippen LogP contribution in [0.2, 0.25) is 0 Å². The molecule has 1 aromatic carbocycles. The number of ether oxygens (including phenoxy) is 2. The van der Waals surface area contributed by atoms with E-state index < -0.39 is 28.1 Å². The Hall–Kier alpha value is -2.53. The first-order valence-electron chi connectivity index (χ1n) is 8.16. The minimum absolute atomic E-state index is 0.157. The van der Waals surface area contributed by atoms with Gasteiger partial charge in [-0.05, 0) is 43.3 Å². The molecule has 28 heavy (non-hydrogen) atoms. The lowest BCUT2D eigenvalue weighted by Gasteiger charge is -2.21. The monoisotopic (exact) mass is 421 g/mol. The quantitative estimate of drug-likeness (QED) is 0.578. The van der Waals surface area contributed by atoms with E-state index in [0.29, 0.717) is 5.76 Å². The average molecular weight is 421 g/mol. The second kappa shape index (κ2) is 9.11. The third-order valence-electron chi connectivity index (χ3n) is 3.48. The number of nitrogens with zero attached hydrogens (tertiary/aromatic N) is 1. The van der Waals surface area contributed by atoms with Crippen LogP contribution in [0.15, 0.2) is 52.0 Å². The molecular weight excluding hydrogens is 403 g/mol. The second-order valence-electron chi connectivity index (χ2n) is 5.49. The van der Waals surface area contributed by atoms with Crippen LogP contribution in [0.4, 0.5) is 13.2 Å². The summed E-state index contributed by atoms with van der Waals surface area (Å²) in [6.07, 6.45) is -3.71. The number of benzene rings is 1. The molecule has 0 unspecified atom stereocenters. The molecule has 0 amide bonds. The fourth-order valence-corrected chi connectivity index (χ4v) is 3.68. The molecule has 1 aromatic heterocycles. The second-order valence-corrected chi connectivity index (χ2v) is 7.43. The zero-order valence-corrected chi connectivity index (χ0v) is 15.6. The van der Waals surface area contributed by atoms with Gasteiger partial charge in [0, 0.05) is 6.54 Å². The van der Waals surface area contributed by atoms with Crippen LogP contribution in [-0.4, -0.2) is 38.2 Å². The van der Waals surface area contributed by atoms with E-state index in [9.17, 15) is 26.4 Å². The summed E-state index contributed by atoms with van der Waals surface area (Å²) in [5, 5.41) is 0. The highest BCUT2D eigenvalue weighted by Gasteiger charge is 2.31. The summed E-state index contributed by atoms with van der Waals surface area (Å²) in [5.74, 6) is -0.781. The highest BCUT2D eigenvalue weighted by Crippen LogP contribution is 2.26. The van der Waals surface area contributed by atoms with Crippen molar-refractivity contribution in [1.29, 1.82) is 0 Å². The largest absolute Gasteiger partial charge is 0.573 e. The van der Waals surface area contributed by atoms with E-state index in [1.54, 1.807) is 19.1 Å². The Morgan fingerprint density at radius 3 is 2.39 bits per heavy atom. The lowest BCUT2D eigenvalue weighted by atomic mass is 10.3. The number of alkyl halides is 3. The number of hydrogen-bond acceptors (Lipinski definition) is 6. The molecule has 0 spiro atoms. The van der Waals surface area contributed by atoms with Gasteiger partial charge in [0.1, 0.15) is 11.5 Å². The number of carbonyl (C=O) groups excluding carboxylic acids is 1. The molecule has 0 N–H and O–H groups in total. The van der Waals surface area contributed by atoms with Gasteiger partial charge < -0.3 is 13.9 Å². The van der Waals surface area contributed by atoms with Crippen molar-refractivity contribution in [1.82, 2.24) is 4.31 Å². The lowest BCUT2D eigenvalue weighted by molar-refractivity contribution is -0.274. The molecule has 1 heterocycles. The topological polar surface area (TPSA) is 86.0 Å². The first-order chi connectivity index (χ1) is 13.1. The van der Waals surface area contributed by atoms with Gasteiger partial charge in [0.05, 0.1) is 30.7 Å². The average Bonchev–Trinajstić information content (AvgIpc) is 3.11. The summed E-state index contributed by atoms with van der Waals surface area (Å²) >= 11 is 0. The number of rotatable bonds is 9. The first-order valence-corrected chi connectivity index (χ1v) is 9.60. The van der Waals surface area contributed by atoms with Gasteiger partial charge in [0.15, 0.2) is 0 Å². The molecule has 0 aliphatic heterocycles. The molecule has 0 saturated carbocycles. The Balaban J connectivity index is 2.22. The van der Waals surface area contributed by atoms with E-state index in [1.165, 1.54) is 6.26 Å². The van der Waals surface area contributed by atoms with E-state index in [1.807, 2.05) is 0 Å². The fraction of sp³-hybridized carbons (Fsp3) is 0.353. The van der Waals surface area contributed by atoms with Crippen molar-refractivity contribution < 1.29 is 40.3 Å². The highest BCUT2D eigenvalue weighted by molar-refractivity contribution is 7.89. The van der Waals surface area contributed by atoms with Gasteiger partial charge in [-0.25, -0.2) is 8.42 Å². The molecule has 2 rings (SSSR count). The van der Waals surface area contributed by atoms with Gasteiger partial charge >= 0.3 is 12.3 Å². The van der Waals surface area contributed by atoms with Crippen LogP contribution in [0.1, 0.15) is 19.1 Å². The molecule has 0 radical (unpaired) electrons. The lowest BCUT2D eigenvalue weighted by Crippen LogP contribution is -2.33. The maximum atomic E-state index is 12.9. The zero-order valence-electron chi connectivity index (χ0n) is 14.8. The van der Waals surface area contributed by atoms with Crippen LogP contribution in [0.5, 0.6) is 5.75 Å². The van der Waals surface area contributed by atoms with Crippen molar-refractivity contribution >= 4 is 16.0 Å². The molecule has 0 fully saturated rings. The van der Waals surface area contributed by atoms with Crippen LogP contribution in [0, 0.1) is 0 Å². The number of esters is 1. The van der Waals surface area contributed by atoms with Gasteiger partial charge in [-0.3, -0.25) is 4.79 Å². The van der Waals surface area contributed by atoms with Crippen LogP contribution >= 0.6 is 0 Å². The van der Waals surface area contributed by atoms with E-state index in [-0.39, 0.29) is 31.0 Å². The van der Waals surface area contributed by atoms with Crippen molar-refractivity contribution in [3.05, 3.63) is 48.4 Å². The van der Waals surface area contributed by atoms with Crippen molar-refractivity contribution in [2.75, 3.05) is 13.2 Å². The van der Waals surface area contributed by atoms with E-state index in [0.717, 1.165) is 28.6 Å². The van der Waals surface area contributed by atoms with Crippen LogP contribution in [0.3, 0.4) is 0 Å². The molecule has 7 nitrogen and oxygen atoms in total. The summed E-state index contributed by atoms with van der Waals surface area (Å²) in [7, 11) is -4.12. The number of sulfonamides is 1. The number of halogens is 3. The minimum Gasteiger partial charge on any atom is -0.468 e. The van der Waals surface area contributed by atoms with Crippen LogP contribution in [0.25, 0.3) is 0 Å². The number of furan rings is 1. The number of hydrogen-bond donors (Lipinski definition) is 0. The summed E-state index contributed by atoms with van der Waals surface area (Å²) < 4.78 is 77.2. The first kappa shape index (κ1) is 21.8. The van der Waals surface area contributed by atoms with Gasteiger partial charge in [0.2, 0.25) is 10.0 Å². The molecule has 0 aliphatic carbocycles. The molecule has 0 aliphatic rings. The van der Waals surface area contributed by atoms with Gasteiger partial charge in [-0.1, -0.05) is 0 Å². The minimum atomic E-state index is -4.88. The summed E-state index contributed by atoms with van der Waals surface area (Å²) in [4.78, 5) is 11.3. The standard InChI is InChI=1S/C17H18F3NO6S/c1-2-25-16(22)9-10-21(12-14-4-3-11-26-14)28(23,24)15-7-5-13(6-8-15)27-17(18,19)20/h3-8,11H,2,9-10,12H2,1H3. The summed E-state index contributed by atoms with van der Waals surface area (Å²) in [6.45, 7) is 1.43. The Bertz CT molecular complexity index is 863. The predicted octanol–water partition coefficient (Wildman–Crippen LogP) is 3.32. The van der Waals surface area contributed by atoms with Crippen LogP contribution in [-0.2, 0) is 26.1 Å². The van der Waals surface area contributed by atoms with Crippen molar-refractivity contribution in [2.45, 2.75) is 31.1 Å². The zero-order chi connectivity index (χ0) is 20.8. The normalized spacial score (nSPS) is 12.2. The summed E-state index contributed by atoms with van der Waals surface area (Å²) in [6, 6.07) is 6.93. The van der Waals surface area contributed by atoms with Gasteiger partial charge in [0.25, 0.3) is 0 Å². The maximum Gasteiger partial charge on any atom is 0.573 e. The van der Waals surface area contributed by atoms with Crippen molar-refractivity contribution in [2.24, 2.45) is 0 Å². The van der Waals surface area contributed by atoms with E-state index >= 15 is 0 Å². The summed E-state index contributed by atoms with van der Waals surface area (Å²) in [5.41, 5.74) is 0. The Labute approximate surface area is 159 Å². The van der Waals surface area contributed by atoms with Crippen LogP contribution < -0.4 is 4.74 Å². The van der Waals surface area contributed by atoms with E-state index in [2.05, 4.69) is 4.74 Å². The maximum absolute atomic E-state index is 12.9. The molecular formula is C17H18F3NO6S.